The average molecular weight is 519 g/mol. The highest BCUT2D eigenvalue weighted by Crippen LogP contribution is 2.30. The second-order valence-electron chi connectivity index (χ2n) is 7.81. The molecule has 2 aromatic heterocycles. The molecule has 1 fully saturated rings. The Balaban J connectivity index is 1.38. The normalized spacial score (nSPS) is 15.6. The monoisotopic (exact) mass is 518 g/mol. The van der Waals surface area contributed by atoms with Gasteiger partial charge in [-0.25, -0.2) is 19.2 Å². The number of ether oxygens (including phenoxy) is 1. The minimum Gasteiger partial charge on any atom is -0.442 e. The molecule has 2 amide bonds. The van der Waals surface area contributed by atoms with Crippen molar-refractivity contribution < 1.29 is 18.7 Å². The number of carbonyl (C=O) groups excluding carboxylic acids is 2. The van der Waals surface area contributed by atoms with Gasteiger partial charge >= 0.3 is 6.09 Å². The van der Waals surface area contributed by atoms with Gasteiger partial charge in [-0.3, -0.25) is 9.69 Å². The number of imidazole rings is 1. The molecule has 1 saturated heterocycles. The van der Waals surface area contributed by atoms with Crippen LogP contribution in [-0.4, -0.2) is 76.3 Å². The predicted molar refractivity (Wildman–Crippen MR) is 131 cm³/mol. The largest absolute Gasteiger partial charge is 0.442 e. The topological polar surface area (TPSA) is 118 Å². The number of rotatable bonds is 9. The fourth-order valence-corrected chi connectivity index (χ4v) is 4.73. The molecule has 3 heterocycles. The molecule has 1 aromatic carbocycles. The molecule has 4 rings (SSSR count). The summed E-state index contributed by atoms with van der Waals surface area (Å²) in [5.74, 6) is -0.187. The Morgan fingerprint density at radius 3 is 3.00 bits per heavy atom. The van der Waals surface area contributed by atoms with E-state index in [0.29, 0.717) is 22.3 Å². The molecule has 0 saturated carbocycles. The molecule has 1 N–H and O–H groups in total. The molecular formula is C21H23FN8O3S2. The van der Waals surface area contributed by atoms with Crippen LogP contribution in [0.25, 0.3) is 5.69 Å². The number of nitrogens with zero attached hydrogens (tertiary/aromatic N) is 7. The first kappa shape index (κ1) is 24.6. The van der Waals surface area contributed by atoms with E-state index in [4.69, 9.17) is 4.74 Å². The van der Waals surface area contributed by atoms with E-state index < -0.39 is 18.0 Å². The first-order chi connectivity index (χ1) is 16.8. The third-order valence-corrected chi connectivity index (χ3v) is 6.75. The molecule has 1 atom stereocenters. The van der Waals surface area contributed by atoms with Gasteiger partial charge in [0.1, 0.15) is 11.9 Å². The Hall–Kier alpha value is -3.52. The highest BCUT2D eigenvalue weighted by Gasteiger charge is 2.32. The zero-order valence-corrected chi connectivity index (χ0v) is 20.8. The van der Waals surface area contributed by atoms with Crippen LogP contribution in [0.5, 0.6) is 0 Å². The number of hydrogen-bond donors (Lipinski definition) is 1. The number of aliphatic imine (C=N–C) groups is 1. The van der Waals surface area contributed by atoms with Gasteiger partial charge in [0.05, 0.1) is 42.8 Å². The molecule has 0 spiro atoms. The van der Waals surface area contributed by atoms with Crippen LogP contribution >= 0.6 is 23.1 Å². The van der Waals surface area contributed by atoms with Crippen molar-refractivity contribution in [3.8, 4) is 5.69 Å². The van der Waals surface area contributed by atoms with E-state index in [0.717, 1.165) is 10.0 Å². The average Bonchev–Trinajstić information content (AvgIpc) is 3.54. The van der Waals surface area contributed by atoms with Crippen LogP contribution < -0.4 is 10.2 Å². The van der Waals surface area contributed by atoms with E-state index in [1.165, 1.54) is 47.3 Å². The minimum absolute atomic E-state index is 0.204. The van der Waals surface area contributed by atoms with Gasteiger partial charge in [0.15, 0.2) is 4.34 Å². The molecule has 1 aliphatic rings. The lowest BCUT2D eigenvalue weighted by Gasteiger charge is -2.14. The SMILES string of the molecule is CC(=O)NC[C@H]1CN(c2ccc(-n3cnc(CSc4nnc(N=CN(C)C)s4)c3)c(F)c2)C(=O)O1. The molecule has 0 unspecified atom stereocenters. The zero-order chi connectivity index (χ0) is 24.9. The number of anilines is 1. The summed E-state index contributed by atoms with van der Waals surface area (Å²) in [5.41, 5.74) is 1.42. The van der Waals surface area contributed by atoms with E-state index in [1.807, 2.05) is 19.0 Å². The Morgan fingerprint density at radius 1 is 1.43 bits per heavy atom. The third-order valence-electron chi connectivity index (χ3n) is 4.75. The van der Waals surface area contributed by atoms with E-state index in [1.54, 1.807) is 29.2 Å². The van der Waals surface area contributed by atoms with Gasteiger partial charge in [-0.15, -0.1) is 10.2 Å². The van der Waals surface area contributed by atoms with Gasteiger partial charge in [-0.05, 0) is 18.2 Å². The summed E-state index contributed by atoms with van der Waals surface area (Å²) in [6.45, 7) is 1.81. The molecule has 0 aliphatic carbocycles. The van der Waals surface area contributed by atoms with Crippen molar-refractivity contribution in [3.63, 3.8) is 0 Å². The number of carbonyl (C=O) groups is 2. The van der Waals surface area contributed by atoms with Gasteiger partial charge in [0.25, 0.3) is 0 Å². The van der Waals surface area contributed by atoms with E-state index in [-0.39, 0.29) is 19.0 Å². The standard InChI is InChI=1S/C21H23FN8O3S2/c1-13(31)23-7-16-9-30(21(32)33-16)15-4-5-18(17(22)6-15)29-8-14(24-12-29)10-34-20-27-26-19(35-20)25-11-28(2)3/h4-6,8,11-12,16H,7,9-10H2,1-3H3,(H,23,31)/t16-/m0/s1. The summed E-state index contributed by atoms with van der Waals surface area (Å²) in [4.78, 5) is 35.0. The first-order valence-electron chi connectivity index (χ1n) is 10.5. The van der Waals surface area contributed by atoms with Crippen LogP contribution in [0.15, 0.2) is 40.1 Å². The van der Waals surface area contributed by atoms with Gasteiger partial charge in [-0.2, -0.15) is 0 Å². The van der Waals surface area contributed by atoms with Crippen molar-refractivity contribution in [2.75, 3.05) is 32.1 Å². The highest BCUT2D eigenvalue weighted by molar-refractivity contribution is 8.00. The van der Waals surface area contributed by atoms with Crippen LogP contribution in [0.1, 0.15) is 12.6 Å². The van der Waals surface area contributed by atoms with Crippen molar-refractivity contribution >= 4 is 52.3 Å². The van der Waals surface area contributed by atoms with E-state index in [9.17, 15) is 14.0 Å². The fourth-order valence-electron chi connectivity index (χ4n) is 3.15. The van der Waals surface area contributed by atoms with Crippen molar-refractivity contribution in [2.45, 2.75) is 23.1 Å². The molecule has 11 nitrogen and oxygen atoms in total. The lowest BCUT2D eigenvalue weighted by atomic mass is 10.2. The van der Waals surface area contributed by atoms with E-state index in [2.05, 4.69) is 25.5 Å². The number of aromatic nitrogens is 4. The number of amides is 2. The van der Waals surface area contributed by atoms with Crippen LogP contribution in [0.3, 0.4) is 0 Å². The molecule has 14 heteroatoms. The highest BCUT2D eigenvalue weighted by atomic mass is 32.2. The number of benzene rings is 1. The van der Waals surface area contributed by atoms with E-state index >= 15 is 0 Å². The van der Waals surface area contributed by atoms with Crippen molar-refractivity contribution in [1.82, 2.24) is 30.0 Å². The summed E-state index contributed by atoms with van der Waals surface area (Å²) in [7, 11) is 3.75. The lowest BCUT2D eigenvalue weighted by molar-refractivity contribution is -0.119. The quantitative estimate of drug-likeness (QED) is 0.261. The predicted octanol–water partition coefficient (Wildman–Crippen LogP) is 2.84. The minimum atomic E-state index is -0.582. The van der Waals surface area contributed by atoms with Crippen LogP contribution in [-0.2, 0) is 15.3 Å². The lowest BCUT2D eigenvalue weighted by Crippen LogP contribution is -2.33. The van der Waals surface area contributed by atoms with Gasteiger partial charge < -0.3 is 19.5 Å². The Morgan fingerprint density at radius 2 is 2.26 bits per heavy atom. The maximum Gasteiger partial charge on any atom is 0.414 e. The summed E-state index contributed by atoms with van der Waals surface area (Å²) in [5, 5.41) is 11.3. The Bertz CT molecular complexity index is 1240. The van der Waals surface area contributed by atoms with Crippen molar-refractivity contribution in [2.24, 2.45) is 4.99 Å². The molecule has 0 bridgehead atoms. The number of cyclic esters (lactones) is 1. The number of halogens is 1. The van der Waals surface area contributed by atoms with Crippen molar-refractivity contribution in [3.05, 3.63) is 42.2 Å². The summed E-state index contributed by atoms with van der Waals surface area (Å²) < 4.78 is 22.5. The second-order valence-corrected chi connectivity index (χ2v) is 9.99. The number of nitrogens with one attached hydrogen (secondary N) is 1. The molecule has 3 aromatic rings. The summed E-state index contributed by atoms with van der Waals surface area (Å²) in [6.07, 6.45) is 3.86. The third kappa shape index (κ3) is 6.33. The molecule has 0 radical (unpaired) electrons. The van der Waals surface area contributed by atoms with Crippen LogP contribution in [0.4, 0.5) is 20.0 Å². The Kier molecular flexibility index (Phi) is 7.60. The molecule has 1 aliphatic heterocycles. The Labute approximate surface area is 209 Å². The summed E-state index contributed by atoms with van der Waals surface area (Å²) in [6, 6.07) is 4.51. The fraction of sp³-hybridized carbons (Fsp3) is 0.333. The molecule has 35 heavy (non-hydrogen) atoms. The molecule has 184 valence electrons. The molecular weight excluding hydrogens is 495 g/mol. The van der Waals surface area contributed by atoms with Crippen LogP contribution in [0.2, 0.25) is 0 Å². The van der Waals surface area contributed by atoms with Gasteiger partial charge in [0.2, 0.25) is 11.0 Å². The maximum atomic E-state index is 14.9. The number of hydrogen-bond acceptors (Lipinski definition) is 9. The van der Waals surface area contributed by atoms with Gasteiger partial charge in [-0.1, -0.05) is 23.1 Å². The first-order valence-corrected chi connectivity index (χ1v) is 12.3. The maximum absolute atomic E-state index is 14.9. The second kappa shape index (κ2) is 10.8. The number of thioether (sulfide) groups is 1. The zero-order valence-electron chi connectivity index (χ0n) is 19.2. The van der Waals surface area contributed by atoms with Crippen molar-refractivity contribution in [1.29, 1.82) is 0 Å². The smallest absolute Gasteiger partial charge is 0.414 e. The van der Waals surface area contributed by atoms with Gasteiger partial charge in [0, 0.05) is 33.0 Å². The summed E-state index contributed by atoms with van der Waals surface area (Å²) >= 11 is 2.85. The van der Waals surface area contributed by atoms with Crippen LogP contribution in [0, 0.1) is 5.82 Å².